The van der Waals surface area contributed by atoms with Crippen molar-refractivity contribution in [3.63, 3.8) is 0 Å². The Morgan fingerprint density at radius 2 is 1.93 bits per heavy atom. The third kappa shape index (κ3) is 5.43. The van der Waals surface area contributed by atoms with Crippen LogP contribution in [0.3, 0.4) is 0 Å². The van der Waals surface area contributed by atoms with Crippen molar-refractivity contribution in [2.24, 2.45) is 0 Å². The van der Waals surface area contributed by atoms with Gasteiger partial charge in [0.25, 0.3) is 0 Å². The van der Waals surface area contributed by atoms with Crippen molar-refractivity contribution in [1.29, 1.82) is 0 Å². The van der Waals surface area contributed by atoms with Crippen LogP contribution in [0.1, 0.15) is 26.5 Å². The molecule has 1 aromatic heterocycles. The second-order valence-electron chi connectivity index (χ2n) is 7.33. The number of benzene rings is 1. The predicted octanol–water partition coefficient (Wildman–Crippen LogP) is 2.83. The van der Waals surface area contributed by atoms with Crippen LogP contribution in [0.15, 0.2) is 52.4 Å². The summed E-state index contributed by atoms with van der Waals surface area (Å²) in [7, 11) is -2.08. The maximum absolute atomic E-state index is 12.4. The smallest absolute Gasteiger partial charge is 0.246 e. The number of rotatable bonds is 8. The summed E-state index contributed by atoms with van der Waals surface area (Å²) in [6.45, 7) is 9.75. The lowest BCUT2D eigenvalue weighted by molar-refractivity contribution is -0.114. The Morgan fingerprint density at radius 1 is 1.29 bits per heavy atom. The van der Waals surface area contributed by atoms with Crippen LogP contribution in [0, 0.1) is 0 Å². The van der Waals surface area contributed by atoms with E-state index in [1.54, 1.807) is 18.2 Å². The minimum Gasteiger partial charge on any atom is -0.376 e. The van der Waals surface area contributed by atoms with Crippen molar-refractivity contribution < 1.29 is 17.7 Å². The lowest BCUT2D eigenvalue weighted by Gasteiger charge is -2.15. The van der Waals surface area contributed by atoms with E-state index < -0.39 is 10.0 Å². The van der Waals surface area contributed by atoms with Gasteiger partial charge in [-0.05, 0) is 24.3 Å². The number of hydrogen-bond donors (Lipinski definition) is 2. The van der Waals surface area contributed by atoms with Crippen LogP contribution < -0.4 is 10.6 Å². The van der Waals surface area contributed by atoms with Crippen molar-refractivity contribution in [2.75, 3.05) is 30.8 Å². The highest BCUT2D eigenvalue weighted by Gasteiger charge is 2.20. The van der Waals surface area contributed by atoms with Crippen molar-refractivity contribution in [3.8, 4) is 0 Å². The fraction of sp³-hybridized carbons (Fsp3) is 0.368. The van der Waals surface area contributed by atoms with E-state index in [0.717, 1.165) is 5.69 Å². The first-order valence-electron chi connectivity index (χ1n) is 8.72. The SMILES string of the molecule is C=CCN(C)S(=O)(=O)c1ccc(NCC(=O)Nc2cc(C(C)(C)C)no2)cc1. The van der Waals surface area contributed by atoms with E-state index in [4.69, 9.17) is 4.52 Å². The lowest BCUT2D eigenvalue weighted by atomic mass is 9.92. The van der Waals surface area contributed by atoms with E-state index in [-0.39, 0.29) is 35.2 Å². The Bertz CT molecular complexity index is 928. The Kier molecular flexibility index (Phi) is 6.63. The van der Waals surface area contributed by atoms with Gasteiger partial charge in [-0.3, -0.25) is 10.1 Å². The number of anilines is 2. The van der Waals surface area contributed by atoms with E-state index in [1.807, 2.05) is 20.8 Å². The number of nitrogens with one attached hydrogen (secondary N) is 2. The van der Waals surface area contributed by atoms with Gasteiger partial charge in [0, 0.05) is 30.8 Å². The second-order valence-corrected chi connectivity index (χ2v) is 9.37. The number of sulfonamides is 1. The standard InChI is InChI=1S/C19H26N4O4S/c1-6-11-23(5)28(25,26)15-9-7-14(8-10-15)20-13-17(24)21-18-12-16(22-27-18)19(2,3)4/h6-10,12,20H,1,11,13H2,2-5H3,(H,21,24). The summed E-state index contributed by atoms with van der Waals surface area (Å²) in [5.74, 6) is -0.0255. The van der Waals surface area contributed by atoms with Crippen LogP contribution in [0.2, 0.25) is 0 Å². The van der Waals surface area contributed by atoms with E-state index >= 15 is 0 Å². The lowest BCUT2D eigenvalue weighted by Crippen LogP contribution is -2.27. The van der Waals surface area contributed by atoms with Gasteiger partial charge < -0.3 is 9.84 Å². The molecule has 0 aliphatic heterocycles. The molecule has 0 saturated carbocycles. The highest BCUT2D eigenvalue weighted by atomic mass is 32.2. The minimum atomic E-state index is -3.56. The molecule has 2 N–H and O–H groups in total. The minimum absolute atomic E-state index is 0.00594. The largest absolute Gasteiger partial charge is 0.376 e. The zero-order valence-corrected chi connectivity index (χ0v) is 17.3. The fourth-order valence-electron chi connectivity index (χ4n) is 2.26. The van der Waals surface area contributed by atoms with Gasteiger partial charge in [0.1, 0.15) is 0 Å². The number of carbonyl (C=O) groups is 1. The van der Waals surface area contributed by atoms with Crippen LogP contribution in [-0.4, -0.2) is 43.9 Å². The molecule has 0 radical (unpaired) electrons. The van der Waals surface area contributed by atoms with Gasteiger partial charge >= 0.3 is 0 Å². The quantitative estimate of drug-likeness (QED) is 0.653. The summed E-state index contributed by atoms with van der Waals surface area (Å²) in [5, 5.41) is 9.50. The van der Waals surface area contributed by atoms with Crippen LogP contribution in [0.25, 0.3) is 0 Å². The summed E-state index contributed by atoms with van der Waals surface area (Å²) in [6, 6.07) is 7.88. The third-order valence-corrected chi connectivity index (χ3v) is 5.78. The van der Waals surface area contributed by atoms with Crippen LogP contribution >= 0.6 is 0 Å². The van der Waals surface area contributed by atoms with Crippen molar-refractivity contribution in [3.05, 3.63) is 48.7 Å². The first kappa shape index (κ1) is 21.6. The molecule has 8 nitrogen and oxygen atoms in total. The summed E-state index contributed by atoms with van der Waals surface area (Å²) in [6.07, 6.45) is 1.52. The molecule has 152 valence electrons. The highest BCUT2D eigenvalue weighted by Crippen LogP contribution is 2.23. The number of hydrogen-bond acceptors (Lipinski definition) is 6. The van der Waals surface area contributed by atoms with Crippen molar-refractivity contribution in [2.45, 2.75) is 31.1 Å². The molecule has 0 unspecified atom stereocenters. The van der Waals surface area contributed by atoms with Crippen LogP contribution in [0.5, 0.6) is 0 Å². The van der Waals surface area contributed by atoms with Crippen molar-refractivity contribution >= 4 is 27.5 Å². The third-order valence-electron chi connectivity index (χ3n) is 3.94. The number of amides is 1. The number of likely N-dealkylation sites (N-methyl/N-ethyl adjacent to an activating group) is 1. The molecule has 0 aliphatic rings. The molecule has 1 amide bonds. The molecule has 1 aromatic carbocycles. The molecule has 0 fully saturated rings. The van der Waals surface area contributed by atoms with Crippen LogP contribution in [0.4, 0.5) is 11.6 Å². The molecule has 2 rings (SSSR count). The first-order chi connectivity index (χ1) is 13.0. The topological polar surface area (TPSA) is 105 Å². The zero-order chi connectivity index (χ0) is 20.9. The van der Waals surface area contributed by atoms with E-state index in [9.17, 15) is 13.2 Å². The van der Waals surface area contributed by atoms with Gasteiger partial charge in [-0.1, -0.05) is 32.0 Å². The molecule has 28 heavy (non-hydrogen) atoms. The molecule has 0 bridgehead atoms. The summed E-state index contributed by atoms with van der Waals surface area (Å²) >= 11 is 0. The fourth-order valence-corrected chi connectivity index (χ4v) is 3.40. The molecule has 0 saturated heterocycles. The van der Waals surface area contributed by atoms with Gasteiger partial charge in [-0.25, -0.2) is 8.42 Å². The Morgan fingerprint density at radius 3 is 2.46 bits per heavy atom. The maximum atomic E-state index is 12.4. The monoisotopic (exact) mass is 406 g/mol. The molecule has 0 aliphatic carbocycles. The molecular weight excluding hydrogens is 380 g/mol. The Hall–Kier alpha value is -2.65. The van der Waals surface area contributed by atoms with Crippen LogP contribution in [-0.2, 0) is 20.2 Å². The van der Waals surface area contributed by atoms with E-state index in [0.29, 0.717) is 5.69 Å². The van der Waals surface area contributed by atoms with Gasteiger partial charge in [0.15, 0.2) is 0 Å². The van der Waals surface area contributed by atoms with Gasteiger partial charge in [0.2, 0.25) is 21.8 Å². The maximum Gasteiger partial charge on any atom is 0.246 e. The average Bonchev–Trinajstić information content (AvgIpc) is 3.09. The van der Waals surface area contributed by atoms with Gasteiger partial charge in [0.05, 0.1) is 17.1 Å². The molecule has 0 spiro atoms. The molecule has 0 atom stereocenters. The normalized spacial score (nSPS) is 12.0. The number of carbonyl (C=O) groups excluding carboxylic acids is 1. The zero-order valence-electron chi connectivity index (χ0n) is 16.5. The molecule has 1 heterocycles. The van der Waals surface area contributed by atoms with E-state index in [2.05, 4.69) is 22.4 Å². The molecular formula is C19H26N4O4S. The number of nitrogens with zero attached hydrogens (tertiary/aromatic N) is 2. The highest BCUT2D eigenvalue weighted by molar-refractivity contribution is 7.89. The number of aromatic nitrogens is 1. The predicted molar refractivity (Wildman–Crippen MR) is 109 cm³/mol. The molecule has 2 aromatic rings. The average molecular weight is 407 g/mol. The van der Waals surface area contributed by atoms with Crippen molar-refractivity contribution in [1.82, 2.24) is 9.46 Å². The second kappa shape index (κ2) is 8.57. The van der Waals surface area contributed by atoms with E-state index in [1.165, 1.54) is 29.6 Å². The summed E-state index contributed by atoms with van der Waals surface area (Å²) < 4.78 is 31.0. The Balaban J connectivity index is 1.93. The Labute approximate surface area is 165 Å². The summed E-state index contributed by atoms with van der Waals surface area (Å²) in [4.78, 5) is 12.2. The van der Waals surface area contributed by atoms with Gasteiger partial charge in [-0.15, -0.1) is 6.58 Å². The molecule has 9 heteroatoms. The first-order valence-corrected chi connectivity index (χ1v) is 10.2. The van der Waals surface area contributed by atoms with Gasteiger partial charge in [-0.2, -0.15) is 4.31 Å². The summed E-state index contributed by atoms with van der Waals surface area (Å²) in [5.41, 5.74) is 1.19.